The standard InChI is InChI=1S/C32H38F3N5O5/c1-31(2,3)45-30(42)40-15-13-39(14-16-40)23-11-12-25(26(19-23)43-4)37-29-36-20-24(32(33,34)35)28(38-29)22(18-27(41)44-5)17-21-9-7-6-8-10-21/h6-12,19-20,22H,13-18H2,1-5H3,(H,36,37,38). The molecule has 1 atom stereocenters. The van der Waals surface area contributed by atoms with Crippen LogP contribution in [-0.2, 0) is 26.9 Å². The third kappa shape index (κ3) is 8.99. The molecule has 0 bridgehead atoms. The van der Waals surface area contributed by atoms with Gasteiger partial charge in [-0.3, -0.25) is 4.79 Å². The van der Waals surface area contributed by atoms with Crippen LogP contribution in [0.4, 0.5) is 35.3 Å². The zero-order valence-corrected chi connectivity index (χ0v) is 26.0. The highest BCUT2D eigenvalue weighted by Crippen LogP contribution is 2.38. The number of esters is 1. The molecule has 13 heteroatoms. The number of hydrogen-bond donors (Lipinski definition) is 1. The molecular weight excluding hydrogens is 591 g/mol. The molecule has 2 aromatic carbocycles. The Bertz CT molecular complexity index is 1470. The highest BCUT2D eigenvalue weighted by atomic mass is 19.4. The summed E-state index contributed by atoms with van der Waals surface area (Å²) >= 11 is 0. The maximum Gasteiger partial charge on any atom is 0.419 e. The second-order valence-corrected chi connectivity index (χ2v) is 11.6. The number of rotatable bonds is 9. The van der Waals surface area contributed by atoms with Crippen LogP contribution in [0.2, 0.25) is 0 Å². The molecule has 1 aliphatic heterocycles. The lowest BCUT2D eigenvalue weighted by Gasteiger charge is -2.37. The molecule has 2 heterocycles. The predicted octanol–water partition coefficient (Wildman–Crippen LogP) is 6.19. The van der Waals surface area contributed by atoms with Crippen molar-refractivity contribution in [3.63, 3.8) is 0 Å². The van der Waals surface area contributed by atoms with Gasteiger partial charge in [0, 0.05) is 50.0 Å². The number of nitrogens with zero attached hydrogens (tertiary/aromatic N) is 4. The first-order valence-corrected chi connectivity index (χ1v) is 14.5. The van der Waals surface area contributed by atoms with Crippen molar-refractivity contribution in [2.24, 2.45) is 0 Å². The maximum atomic E-state index is 14.1. The zero-order valence-electron chi connectivity index (χ0n) is 26.0. The van der Waals surface area contributed by atoms with Gasteiger partial charge >= 0.3 is 18.2 Å². The van der Waals surface area contributed by atoms with E-state index in [0.717, 1.165) is 17.4 Å². The van der Waals surface area contributed by atoms with E-state index in [-0.39, 0.29) is 30.6 Å². The Labute approximate surface area is 260 Å². The maximum absolute atomic E-state index is 14.1. The molecule has 0 saturated carbocycles. The second kappa shape index (κ2) is 14.0. The molecule has 1 aromatic heterocycles. The quantitative estimate of drug-likeness (QED) is 0.277. The summed E-state index contributed by atoms with van der Waals surface area (Å²) in [6, 6.07) is 14.3. The summed E-state index contributed by atoms with van der Waals surface area (Å²) in [5, 5.41) is 2.98. The molecular formula is C32H38F3N5O5. The molecule has 1 amide bonds. The minimum absolute atomic E-state index is 0.0852. The highest BCUT2D eigenvalue weighted by molar-refractivity contribution is 5.71. The van der Waals surface area contributed by atoms with Gasteiger partial charge in [0.25, 0.3) is 0 Å². The van der Waals surface area contributed by atoms with Gasteiger partial charge in [-0.05, 0) is 44.9 Å². The lowest BCUT2D eigenvalue weighted by Crippen LogP contribution is -2.50. The Balaban J connectivity index is 1.57. The molecule has 1 unspecified atom stereocenters. The first-order valence-electron chi connectivity index (χ1n) is 14.5. The Morgan fingerprint density at radius 1 is 1.00 bits per heavy atom. The van der Waals surface area contributed by atoms with Gasteiger partial charge in [0.2, 0.25) is 5.95 Å². The van der Waals surface area contributed by atoms with Crippen LogP contribution in [0.5, 0.6) is 5.75 Å². The monoisotopic (exact) mass is 629 g/mol. The van der Waals surface area contributed by atoms with Crippen molar-refractivity contribution in [2.75, 3.05) is 50.6 Å². The van der Waals surface area contributed by atoms with Gasteiger partial charge in [0.05, 0.1) is 37.6 Å². The smallest absolute Gasteiger partial charge is 0.419 e. The van der Waals surface area contributed by atoms with E-state index in [1.54, 1.807) is 47.4 Å². The fourth-order valence-electron chi connectivity index (χ4n) is 5.01. The molecule has 0 spiro atoms. The topological polar surface area (TPSA) is 106 Å². The normalized spacial score (nSPS) is 14.5. The first kappa shape index (κ1) is 33.3. The van der Waals surface area contributed by atoms with E-state index in [4.69, 9.17) is 14.2 Å². The van der Waals surface area contributed by atoms with E-state index in [1.165, 1.54) is 14.2 Å². The van der Waals surface area contributed by atoms with Crippen LogP contribution in [0.3, 0.4) is 0 Å². The Hall–Kier alpha value is -4.55. The lowest BCUT2D eigenvalue weighted by molar-refractivity contribution is -0.143. The summed E-state index contributed by atoms with van der Waals surface area (Å²) in [4.78, 5) is 36.7. The average molecular weight is 630 g/mol. The van der Waals surface area contributed by atoms with Crippen LogP contribution in [0.15, 0.2) is 54.7 Å². The molecule has 0 radical (unpaired) electrons. The van der Waals surface area contributed by atoms with Crippen LogP contribution >= 0.6 is 0 Å². The lowest BCUT2D eigenvalue weighted by atomic mass is 9.90. The Morgan fingerprint density at radius 2 is 1.69 bits per heavy atom. The van der Waals surface area contributed by atoms with E-state index in [2.05, 4.69) is 20.2 Å². The number of carbonyl (C=O) groups is 2. The van der Waals surface area contributed by atoms with Gasteiger partial charge in [0.15, 0.2) is 0 Å². The van der Waals surface area contributed by atoms with Gasteiger partial charge in [-0.2, -0.15) is 13.2 Å². The number of halogens is 3. The molecule has 1 aliphatic rings. The van der Waals surface area contributed by atoms with Crippen LogP contribution in [0, 0.1) is 0 Å². The van der Waals surface area contributed by atoms with Crippen molar-refractivity contribution in [1.82, 2.24) is 14.9 Å². The molecule has 1 fully saturated rings. The minimum atomic E-state index is -4.74. The molecule has 0 aliphatic carbocycles. The number of alkyl halides is 3. The van der Waals surface area contributed by atoms with E-state index < -0.39 is 29.2 Å². The fraction of sp³-hybridized carbons (Fsp3) is 0.438. The largest absolute Gasteiger partial charge is 0.494 e. The molecule has 1 saturated heterocycles. The van der Waals surface area contributed by atoms with Crippen LogP contribution in [-0.4, -0.2) is 72.9 Å². The number of carbonyl (C=O) groups excluding carboxylic acids is 2. The number of piperazine rings is 1. The summed E-state index contributed by atoms with van der Waals surface area (Å²) in [6.45, 7) is 7.58. The van der Waals surface area contributed by atoms with Gasteiger partial charge in [0.1, 0.15) is 11.4 Å². The molecule has 3 aromatic rings. The van der Waals surface area contributed by atoms with E-state index in [9.17, 15) is 22.8 Å². The number of amides is 1. The predicted molar refractivity (Wildman–Crippen MR) is 163 cm³/mol. The van der Waals surface area contributed by atoms with Gasteiger partial charge in [-0.1, -0.05) is 30.3 Å². The number of anilines is 3. The van der Waals surface area contributed by atoms with E-state index in [1.807, 2.05) is 26.8 Å². The summed E-state index contributed by atoms with van der Waals surface area (Å²) in [6.07, 6.45) is -4.54. The first-order chi connectivity index (χ1) is 21.3. The zero-order chi connectivity index (χ0) is 32.8. The Kier molecular flexibility index (Phi) is 10.4. The number of methoxy groups -OCH3 is 2. The summed E-state index contributed by atoms with van der Waals surface area (Å²) in [5.74, 6) is -1.24. The SMILES string of the molecule is COC(=O)CC(Cc1ccccc1)c1nc(Nc2ccc(N3CCN(C(=O)OC(C)(C)C)CC3)cc2OC)ncc1C(F)(F)F. The number of aromatic nitrogens is 2. The van der Waals surface area contributed by atoms with Crippen molar-refractivity contribution in [2.45, 2.75) is 51.3 Å². The van der Waals surface area contributed by atoms with E-state index >= 15 is 0 Å². The Morgan fingerprint density at radius 3 is 2.29 bits per heavy atom. The molecule has 1 N–H and O–H groups in total. The molecule has 4 rings (SSSR count). The third-order valence-electron chi connectivity index (χ3n) is 7.20. The number of ether oxygens (including phenoxy) is 3. The van der Waals surface area contributed by atoms with Crippen molar-refractivity contribution < 1.29 is 37.0 Å². The fourth-order valence-corrected chi connectivity index (χ4v) is 5.01. The molecule has 45 heavy (non-hydrogen) atoms. The third-order valence-corrected chi connectivity index (χ3v) is 7.20. The molecule has 10 nitrogen and oxygen atoms in total. The van der Waals surface area contributed by atoms with Crippen LogP contribution in [0.1, 0.15) is 49.9 Å². The van der Waals surface area contributed by atoms with E-state index in [0.29, 0.717) is 37.6 Å². The minimum Gasteiger partial charge on any atom is -0.494 e. The van der Waals surface area contributed by atoms with Crippen LogP contribution in [0.25, 0.3) is 0 Å². The van der Waals surface area contributed by atoms with Crippen molar-refractivity contribution in [3.05, 3.63) is 71.5 Å². The van der Waals surface area contributed by atoms with Crippen LogP contribution < -0.4 is 15.0 Å². The van der Waals surface area contributed by atoms with Gasteiger partial charge in [-0.15, -0.1) is 0 Å². The van der Waals surface area contributed by atoms with Gasteiger partial charge < -0.3 is 29.3 Å². The number of benzene rings is 2. The summed E-state index contributed by atoms with van der Waals surface area (Å²) in [5.41, 5.74) is 0.116. The molecule has 242 valence electrons. The van der Waals surface area contributed by atoms with Crippen molar-refractivity contribution in [1.29, 1.82) is 0 Å². The van der Waals surface area contributed by atoms with Crippen molar-refractivity contribution >= 4 is 29.4 Å². The number of hydrogen-bond acceptors (Lipinski definition) is 9. The van der Waals surface area contributed by atoms with Crippen molar-refractivity contribution in [3.8, 4) is 5.75 Å². The second-order valence-electron chi connectivity index (χ2n) is 11.6. The average Bonchev–Trinajstić information content (AvgIpc) is 3.00. The highest BCUT2D eigenvalue weighted by Gasteiger charge is 2.38. The van der Waals surface area contributed by atoms with Gasteiger partial charge in [-0.25, -0.2) is 14.8 Å². The number of nitrogens with one attached hydrogen (secondary N) is 1. The summed E-state index contributed by atoms with van der Waals surface area (Å²) < 4.78 is 58.3. The summed E-state index contributed by atoms with van der Waals surface area (Å²) in [7, 11) is 2.67.